The van der Waals surface area contributed by atoms with Gasteiger partial charge in [-0.1, -0.05) is 17.7 Å². The molecule has 136 valence electrons. The Morgan fingerprint density at radius 1 is 0.963 bits per heavy atom. The lowest BCUT2D eigenvalue weighted by molar-refractivity contribution is -0.119. The lowest BCUT2D eigenvalue weighted by Gasteiger charge is -2.06. The quantitative estimate of drug-likeness (QED) is 0.404. The second-order valence-corrected chi connectivity index (χ2v) is 6.31. The summed E-state index contributed by atoms with van der Waals surface area (Å²) in [5.41, 5.74) is 2.26. The van der Waals surface area contributed by atoms with Crippen LogP contribution in [-0.2, 0) is 9.53 Å². The molecule has 0 aliphatic carbocycles. The van der Waals surface area contributed by atoms with Crippen molar-refractivity contribution >= 4 is 51.1 Å². The number of nitrogens with one attached hydrogen (secondary N) is 4. The van der Waals surface area contributed by atoms with Crippen molar-refractivity contribution in [2.45, 2.75) is 0 Å². The normalized spacial score (nSPS) is 11.0. The van der Waals surface area contributed by atoms with Gasteiger partial charge >= 0.3 is 11.7 Å². The van der Waals surface area contributed by atoms with Crippen LogP contribution in [-0.4, -0.2) is 33.4 Å². The number of imidazole rings is 1. The van der Waals surface area contributed by atoms with Crippen molar-refractivity contribution in [1.29, 1.82) is 0 Å². The number of aromatic nitrogens is 3. The molecule has 2 aromatic heterocycles. The fraction of sp³-hybridized carbons (Fsp3) is 0.0556. The first-order valence-corrected chi connectivity index (χ1v) is 8.33. The lowest BCUT2D eigenvalue weighted by Crippen LogP contribution is -2.21. The summed E-state index contributed by atoms with van der Waals surface area (Å²) in [6.07, 6.45) is 0. The molecular weight excluding hydrogens is 372 g/mol. The first kappa shape index (κ1) is 16.9. The van der Waals surface area contributed by atoms with E-state index in [4.69, 9.17) is 16.3 Å². The Morgan fingerprint density at radius 3 is 2.63 bits per heavy atom. The highest BCUT2D eigenvalue weighted by Gasteiger charge is 2.13. The molecule has 4 N–H and O–H groups in total. The van der Waals surface area contributed by atoms with E-state index in [9.17, 15) is 14.4 Å². The zero-order chi connectivity index (χ0) is 19.0. The second kappa shape index (κ2) is 6.65. The van der Waals surface area contributed by atoms with Gasteiger partial charge in [0.2, 0.25) is 0 Å². The molecule has 4 aromatic rings. The Balaban J connectivity index is 1.39. The van der Waals surface area contributed by atoms with Gasteiger partial charge in [-0.15, -0.1) is 0 Å². The molecule has 0 aliphatic rings. The van der Waals surface area contributed by atoms with E-state index < -0.39 is 18.5 Å². The summed E-state index contributed by atoms with van der Waals surface area (Å²) in [7, 11) is 0. The van der Waals surface area contributed by atoms with Crippen LogP contribution >= 0.6 is 11.6 Å². The number of carbonyl (C=O) groups excluding carboxylic acids is 2. The van der Waals surface area contributed by atoms with Crippen LogP contribution < -0.4 is 11.0 Å². The van der Waals surface area contributed by atoms with Gasteiger partial charge in [0.15, 0.2) is 6.61 Å². The highest BCUT2D eigenvalue weighted by Crippen LogP contribution is 2.20. The molecule has 0 aliphatic heterocycles. The number of amides is 1. The smallest absolute Gasteiger partial charge is 0.355 e. The Kier molecular flexibility index (Phi) is 4.17. The van der Waals surface area contributed by atoms with E-state index in [1.54, 1.807) is 42.5 Å². The Labute approximate surface area is 156 Å². The summed E-state index contributed by atoms with van der Waals surface area (Å²) in [6, 6.07) is 11.7. The first-order chi connectivity index (χ1) is 13.0. The zero-order valence-electron chi connectivity index (χ0n) is 13.8. The Morgan fingerprint density at radius 2 is 1.78 bits per heavy atom. The van der Waals surface area contributed by atoms with Gasteiger partial charge < -0.3 is 25.0 Å². The van der Waals surface area contributed by atoms with Crippen LogP contribution in [0.1, 0.15) is 10.5 Å². The minimum atomic E-state index is -0.650. The number of fused-ring (bicyclic) bond motifs is 2. The van der Waals surface area contributed by atoms with Crippen LogP contribution in [0.25, 0.3) is 21.9 Å². The summed E-state index contributed by atoms with van der Waals surface area (Å²) in [4.78, 5) is 43.5. The van der Waals surface area contributed by atoms with E-state index >= 15 is 0 Å². The number of ether oxygens (including phenoxy) is 1. The van der Waals surface area contributed by atoms with E-state index in [0.29, 0.717) is 27.3 Å². The number of hydrogen-bond acceptors (Lipinski definition) is 4. The molecule has 0 saturated carbocycles. The van der Waals surface area contributed by atoms with Crippen molar-refractivity contribution in [3.8, 4) is 0 Å². The van der Waals surface area contributed by atoms with Gasteiger partial charge in [0, 0.05) is 21.6 Å². The second-order valence-electron chi connectivity index (χ2n) is 5.88. The SMILES string of the molecule is O=C(COC(=O)c1cc2ccc(Cl)cc2[nH]1)Nc1ccc2[nH]c(=O)[nH]c2c1. The molecule has 1 amide bonds. The summed E-state index contributed by atoms with van der Waals surface area (Å²) in [5.74, 6) is -1.15. The maximum Gasteiger partial charge on any atom is 0.355 e. The number of carbonyl (C=O) groups is 2. The van der Waals surface area contributed by atoms with Gasteiger partial charge in [0.05, 0.1) is 11.0 Å². The fourth-order valence-corrected chi connectivity index (χ4v) is 2.90. The van der Waals surface area contributed by atoms with Crippen LogP contribution in [0.4, 0.5) is 5.69 Å². The van der Waals surface area contributed by atoms with Crippen molar-refractivity contribution in [3.63, 3.8) is 0 Å². The van der Waals surface area contributed by atoms with Crippen molar-refractivity contribution in [2.75, 3.05) is 11.9 Å². The Hall–Kier alpha value is -3.52. The van der Waals surface area contributed by atoms with Gasteiger partial charge in [-0.2, -0.15) is 0 Å². The molecule has 27 heavy (non-hydrogen) atoms. The molecule has 0 fully saturated rings. The summed E-state index contributed by atoms with van der Waals surface area (Å²) in [5, 5.41) is 3.96. The molecule has 0 atom stereocenters. The van der Waals surface area contributed by atoms with E-state index in [-0.39, 0.29) is 11.4 Å². The van der Waals surface area contributed by atoms with Gasteiger partial charge in [-0.05, 0) is 36.4 Å². The number of hydrogen-bond donors (Lipinski definition) is 4. The lowest BCUT2D eigenvalue weighted by atomic mass is 10.2. The topological polar surface area (TPSA) is 120 Å². The monoisotopic (exact) mass is 384 g/mol. The number of benzene rings is 2. The third-order valence-corrected chi connectivity index (χ3v) is 4.17. The molecule has 2 aromatic carbocycles. The Bertz CT molecular complexity index is 1240. The fourth-order valence-electron chi connectivity index (χ4n) is 2.73. The van der Waals surface area contributed by atoms with Gasteiger partial charge in [-0.25, -0.2) is 9.59 Å². The van der Waals surface area contributed by atoms with Crippen LogP contribution in [0.15, 0.2) is 47.3 Å². The van der Waals surface area contributed by atoms with Gasteiger partial charge in [0.1, 0.15) is 5.69 Å². The molecule has 8 nitrogen and oxygen atoms in total. The molecule has 0 saturated heterocycles. The minimum absolute atomic E-state index is 0.228. The maximum absolute atomic E-state index is 12.1. The van der Waals surface area contributed by atoms with E-state index in [1.807, 2.05) is 0 Å². The van der Waals surface area contributed by atoms with Gasteiger partial charge in [-0.3, -0.25) is 4.79 Å². The van der Waals surface area contributed by atoms with E-state index in [0.717, 1.165) is 5.39 Å². The standard InChI is InChI=1S/C18H13ClN4O4/c19-10-2-1-9-5-15(21-13(9)6-10)17(25)27-8-16(24)20-11-3-4-12-14(7-11)23-18(26)22-12/h1-7,21H,8H2,(H,20,24)(H2,22,23,26). The third kappa shape index (κ3) is 3.56. The molecule has 0 unspecified atom stereocenters. The first-order valence-electron chi connectivity index (χ1n) is 7.95. The van der Waals surface area contributed by atoms with E-state index in [2.05, 4.69) is 20.3 Å². The van der Waals surface area contributed by atoms with Crippen molar-refractivity contribution in [3.05, 3.63) is 63.7 Å². The highest BCUT2D eigenvalue weighted by molar-refractivity contribution is 6.31. The van der Waals surface area contributed by atoms with Crippen LogP contribution in [0, 0.1) is 0 Å². The summed E-state index contributed by atoms with van der Waals surface area (Å²) >= 11 is 5.91. The van der Waals surface area contributed by atoms with Crippen molar-refractivity contribution < 1.29 is 14.3 Å². The predicted molar refractivity (Wildman–Crippen MR) is 101 cm³/mol. The summed E-state index contributed by atoms with van der Waals surface area (Å²) < 4.78 is 5.03. The number of esters is 1. The zero-order valence-corrected chi connectivity index (χ0v) is 14.5. The van der Waals surface area contributed by atoms with Gasteiger partial charge in [0.25, 0.3) is 5.91 Å². The van der Waals surface area contributed by atoms with Crippen LogP contribution in [0.2, 0.25) is 5.02 Å². The van der Waals surface area contributed by atoms with Crippen LogP contribution in [0.5, 0.6) is 0 Å². The molecule has 0 bridgehead atoms. The maximum atomic E-state index is 12.1. The molecule has 0 radical (unpaired) electrons. The minimum Gasteiger partial charge on any atom is -0.451 e. The molecule has 2 heterocycles. The molecule has 4 rings (SSSR count). The highest BCUT2D eigenvalue weighted by atomic mass is 35.5. The molecule has 0 spiro atoms. The van der Waals surface area contributed by atoms with Crippen LogP contribution in [0.3, 0.4) is 0 Å². The number of H-pyrrole nitrogens is 3. The molecular formula is C18H13ClN4O4. The number of rotatable bonds is 4. The third-order valence-electron chi connectivity index (χ3n) is 3.94. The van der Waals surface area contributed by atoms with Crippen molar-refractivity contribution in [2.24, 2.45) is 0 Å². The predicted octanol–water partition coefficient (Wildman–Crippen LogP) is 2.79. The number of anilines is 1. The number of halogens is 1. The molecule has 9 heteroatoms. The average Bonchev–Trinajstić information content (AvgIpc) is 3.21. The van der Waals surface area contributed by atoms with Crippen molar-refractivity contribution in [1.82, 2.24) is 15.0 Å². The van der Waals surface area contributed by atoms with E-state index in [1.165, 1.54) is 0 Å². The largest absolute Gasteiger partial charge is 0.451 e. The number of aromatic amines is 3. The average molecular weight is 385 g/mol. The summed E-state index contributed by atoms with van der Waals surface area (Å²) in [6.45, 7) is -0.448.